The van der Waals surface area contributed by atoms with Gasteiger partial charge in [-0.25, -0.2) is 0 Å². The highest BCUT2D eigenvalue weighted by atomic mass is 16.5. The van der Waals surface area contributed by atoms with Crippen LogP contribution in [-0.2, 0) is 9.53 Å². The van der Waals surface area contributed by atoms with E-state index >= 15 is 0 Å². The van der Waals surface area contributed by atoms with Crippen LogP contribution in [0.5, 0.6) is 0 Å². The Morgan fingerprint density at radius 2 is 1.94 bits per heavy atom. The number of ether oxygens (including phenoxy) is 1. The van der Waals surface area contributed by atoms with Crippen LogP contribution in [-0.4, -0.2) is 41.5 Å². The zero-order valence-electron chi connectivity index (χ0n) is 20.1. The first-order chi connectivity index (χ1) is 15.2. The van der Waals surface area contributed by atoms with E-state index in [-0.39, 0.29) is 41.0 Å². The van der Waals surface area contributed by atoms with E-state index in [0.717, 1.165) is 51.4 Å². The van der Waals surface area contributed by atoms with E-state index in [0.29, 0.717) is 36.0 Å². The highest BCUT2D eigenvalue weighted by Crippen LogP contribution is 2.68. The number of aliphatic hydroxyl groups is 2. The van der Waals surface area contributed by atoms with Crippen molar-refractivity contribution >= 4 is 5.97 Å². The molecule has 32 heavy (non-hydrogen) atoms. The highest BCUT2D eigenvalue weighted by Gasteiger charge is 2.65. The van der Waals surface area contributed by atoms with Crippen molar-refractivity contribution < 1.29 is 19.7 Å². The van der Waals surface area contributed by atoms with Crippen LogP contribution in [0.4, 0.5) is 0 Å². The summed E-state index contributed by atoms with van der Waals surface area (Å²) in [6, 6.07) is 0.0344. The average Bonchev–Trinajstić information content (AvgIpc) is 3.12. The maximum absolute atomic E-state index is 11.7. The van der Waals surface area contributed by atoms with Gasteiger partial charge in [0.15, 0.2) is 0 Å². The fraction of sp³-hybridized carbons (Fsp3) is 0.960. The molecule has 4 rings (SSSR count). The molecule has 180 valence electrons. The van der Waals surface area contributed by atoms with Gasteiger partial charge in [-0.15, -0.1) is 0 Å². The van der Waals surface area contributed by atoms with Gasteiger partial charge in [-0.1, -0.05) is 25.9 Å². The lowest BCUT2D eigenvalue weighted by molar-refractivity contribution is -0.202. The quantitative estimate of drug-likeness (QED) is 0.271. The second kappa shape index (κ2) is 8.81. The lowest BCUT2D eigenvalue weighted by atomic mass is 9.43. The first kappa shape index (κ1) is 23.8. The molecular weight excluding hydrogens is 406 g/mol. The molecule has 0 aromatic carbocycles. The van der Waals surface area contributed by atoms with Crippen molar-refractivity contribution in [3.05, 3.63) is 10.4 Å². The van der Waals surface area contributed by atoms with Crippen molar-refractivity contribution in [1.82, 2.24) is 0 Å². The second-order valence-corrected chi connectivity index (χ2v) is 11.8. The summed E-state index contributed by atoms with van der Waals surface area (Å²) in [6.45, 7) is 6.84. The first-order valence-electron chi connectivity index (χ1n) is 12.6. The molecule has 4 saturated carbocycles. The van der Waals surface area contributed by atoms with Gasteiger partial charge in [-0.05, 0) is 103 Å². The van der Waals surface area contributed by atoms with Crippen molar-refractivity contribution in [1.29, 1.82) is 0 Å². The number of aliphatic hydroxyl groups excluding tert-OH is 2. The monoisotopic (exact) mass is 447 g/mol. The maximum atomic E-state index is 11.7. The van der Waals surface area contributed by atoms with Crippen molar-refractivity contribution in [2.45, 2.75) is 96.8 Å². The van der Waals surface area contributed by atoms with E-state index in [1.54, 1.807) is 0 Å². The zero-order valence-corrected chi connectivity index (χ0v) is 20.1. The van der Waals surface area contributed by atoms with E-state index < -0.39 is 0 Å². The van der Waals surface area contributed by atoms with Crippen molar-refractivity contribution in [2.75, 3.05) is 7.11 Å². The SMILES string of the molecule is COC(=O)CC[C@@H](C)[C@H]1CC[C@H]2[C@@H]3[C@H](O)C[C@@H]4C[C@@H](N=[N+]=[N-])CC[C@]4(C)[C@H]3C[C@H](O)[C@]12C. The summed E-state index contributed by atoms with van der Waals surface area (Å²) >= 11 is 0. The Balaban J connectivity index is 1.57. The topological polar surface area (TPSA) is 116 Å². The summed E-state index contributed by atoms with van der Waals surface area (Å²) in [5.74, 6) is 1.70. The van der Waals surface area contributed by atoms with E-state index in [4.69, 9.17) is 10.3 Å². The molecule has 11 atom stereocenters. The molecule has 2 N–H and O–H groups in total. The summed E-state index contributed by atoms with van der Waals surface area (Å²) < 4.78 is 4.84. The molecule has 0 unspecified atom stereocenters. The third-order valence-electron chi connectivity index (χ3n) is 10.8. The lowest BCUT2D eigenvalue weighted by Gasteiger charge is -2.63. The summed E-state index contributed by atoms with van der Waals surface area (Å²) in [4.78, 5) is 14.7. The Bertz CT molecular complexity index is 770. The summed E-state index contributed by atoms with van der Waals surface area (Å²) in [5.41, 5.74) is 8.75. The third kappa shape index (κ3) is 3.65. The van der Waals surface area contributed by atoms with Gasteiger partial charge in [0.25, 0.3) is 0 Å². The van der Waals surface area contributed by atoms with Crippen LogP contribution in [0.25, 0.3) is 10.4 Å². The highest BCUT2D eigenvalue weighted by molar-refractivity contribution is 5.69. The molecule has 0 amide bonds. The van der Waals surface area contributed by atoms with E-state index in [1.807, 2.05) is 0 Å². The number of carbonyl (C=O) groups is 1. The number of carbonyl (C=O) groups excluding carboxylic acids is 1. The molecule has 7 nitrogen and oxygen atoms in total. The Hall–Kier alpha value is -1.30. The van der Waals surface area contributed by atoms with Crippen LogP contribution in [0, 0.1) is 46.3 Å². The van der Waals surface area contributed by atoms with Crippen molar-refractivity contribution in [2.24, 2.45) is 51.5 Å². The zero-order chi connectivity index (χ0) is 23.3. The average molecular weight is 448 g/mol. The number of rotatable bonds is 5. The van der Waals surface area contributed by atoms with Gasteiger partial charge >= 0.3 is 5.97 Å². The van der Waals surface area contributed by atoms with E-state index in [1.165, 1.54) is 7.11 Å². The maximum Gasteiger partial charge on any atom is 0.305 e. The number of nitrogens with zero attached hydrogens (tertiary/aromatic N) is 3. The van der Waals surface area contributed by atoms with Gasteiger partial charge < -0.3 is 14.9 Å². The number of esters is 1. The number of fused-ring (bicyclic) bond motifs is 5. The number of azide groups is 1. The fourth-order valence-electron chi connectivity index (χ4n) is 8.96. The van der Waals surface area contributed by atoms with Crippen molar-refractivity contribution in [3.8, 4) is 0 Å². The minimum atomic E-state index is -0.389. The standard InChI is InChI=1S/C25H41N3O4/c1-14(5-8-22(31)32-4)17-6-7-18-23-19(13-21(30)25(17,18)3)24(2)10-9-16(27-28-26)11-15(24)12-20(23)29/h14-21,23,29-30H,5-13H2,1-4H3/t14-,15+,16+,17-,18+,19+,20-,21+,23+,24+,25-/m1/s1. The largest absolute Gasteiger partial charge is 0.469 e. The molecular formula is C25H41N3O4. The fourth-order valence-corrected chi connectivity index (χ4v) is 8.96. The van der Waals surface area contributed by atoms with E-state index in [9.17, 15) is 15.0 Å². The number of hydrogen-bond acceptors (Lipinski definition) is 5. The molecule has 0 saturated heterocycles. The van der Waals surface area contributed by atoms with Gasteiger partial charge in [0.2, 0.25) is 0 Å². The summed E-state index contributed by atoms with van der Waals surface area (Å²) in [5, 5.41) is 27.0. The molecule has 0 aromatic heterocycles. The summed E-state index contributed by atoms with van der Waals surface area (Å²) in [6.07, 6.45) is 6.83. The molecule has 4 fully saturated rings. The lowest BCUT2D eigenvalue weighted by Crippen LogP contribution is -2.62. The minimum Gasteiger partial charge on any atom is -0.469 e. The molecule has 0 heterocycles. The minimum absolute atomic E-state index is 0.0344. The summed E-state index contributed by atoms with van der Waals surface area (Å²) in [7, 11) is 1.43. The predicted octanol–water partition coefficient (Wildman–Crippen LogP) is 4.86. The Kier molecular flexibility index (Phi) is 6.56. The second-order valence-electron chi connectivity index (χ2n) is 11.8. The Labute approximate surface area is 191 Å². The molecule has 0 aliphatic heterocycles. The molecule has 7 heteroatoms. The van der Waals surface area contributed by atoms with Crippen LogP contribution in [0.2, 0.25) is 0 Å². The molecule has 0 aromatic rings. The van der Waals surface area contributed by atoms with Crippen molar-refractivity contribution in [3.63, 3.8) is 0 Å². The molecule has 0 radical (unpaired) electrons. The third-order valence-corrected chi connectivity index (χ3v) is 10.8. The molecule has 0 spiro atoms. The van der Waals surface area contributed by atoms with Gasteiger partial charge in [0, 0.05) is 17.4 Å². The molecule has 4 aliphatic carbocycles. The van der Waals surface area contributed by atoms with Crippen LogP contribution >= 0.6 is 0 Å². The predicted molar refractivity (Wildman–Crippen MR) is 121 cm³/mol. The molecule has 4 aliphatic rings. The van der Waals surface area contributed by atoms with Crippen LogP contribution in [0.3, 0.4) is 0 Å². The Morgan fingerprint density at radius 1 is 1.19 bits per heavy atom. The molecule has 0 bridgehead atoms. The van der Waals surface area contributed by atoms with E-state index in [2.05, 4.69) is 30.8 Å². The Morgan fingerprint density at radius 3 is 2.62 bits per heavy atom. The van der Waals surface area contributed by atoms with Gasteiger partial charge in [-0.2, -0.15) is 0 Å². The van der Waals surface area contributed by atoms with Gasteiger partial charge in [0.1, 0.15) is 0 Å². The number of methoxy groups -OCH3 is 1. The number of hydrogen-bond donors (Lipinski definition) is 2. The first-order valence-corrected chi connectivity index (χ1v) is 12.6. The normalized spacial score (nSPS) is 48.6. The van der Waals surface area contributed by atoms with Gasteiger partial charge in [-0.3, -0.25) is 4.79 Å². The van der Waals surface area contributed by atoms with Crippen LogP contribution in [0.1, 0.15) is 78.6 Å². The smallest absolute Gasteiger partial charge is 0.305 e. The van der Waals surface area contributed by atoms with Crippen LogP contribution in [0.15, 0.2) is 5.11 Å². The van der Waals surface area contributed by atoms with Crippen LogP contribution < -0.4 is 0 Å². The van der Waals surface area contributed by atoms with Gasteiger partial charge in [0.05, 0.1) is 19.3 Å².